The molecule has 0 unspecified atom stereocenters. The Morgan fingerprint density at radius 1 is 1.54 bits per heavy atom. The average Bonchev–Trinajstić information content (AvgIpc) is 2.34. The Bertz CT molecular complexity index is 275. The highest BCUT2D eigenvalue weighted by molar-refractivity contribution is 5.19. The Morgan fingerprint density at radius 2 is 2.15 bits per heavy atom. The summed E-state index contributed by atoms with van der Waals surface area (Å²) in [5.74, 6) is 1.09. The van der Waals surface area contributed by atoms with E-state index in [0.717, 1.165) is 6.54 Å². The first kappa shape index (κ1) is 10.0. The van der Waals surface area contributed by atoms with Crippen molar-refractivity contribution < 1.29 is 0 Å². The SMILES string of the molecule is CC(C)C(C)(C)Cn1cc(N)nn1. The number of hydrogen-bond donors (Lipinski definition) is 1. The Morgan fingerprint density at radius 3 is 2.54 bits per heavy atom. The summed E-state index contributed by atoms with van der Waals surface area (Å²) in [5.41, 5.74) is 5.70. The first-order chi connectivity index (χ1) is 5.92. The highest BCUT2D eigenvalue weighted by Crippen LogP contribution is 2.27. The van der Waals surface area contributed by atoms with Crippen molar-refractivity contribution in [1.82, 2.24) is 15.0 Å². The van der Waals surface area contributed by atoms with Crippen molar-refractivity contribution in [3.8, 4) is 0 Å². The van der Waals surface area contributed by atoms with E-state index in [1.165, 1.54) is 0 Å². The summed E-state index contributed by atoms with van der Waals surface area (Å²) in [7, 11) is 0. The number of nitrogens with zero attached hydrogens (tertiary/aromatic N) is 3. The van der Waals surface area contributed by atoms with E-state index in [0.29, 0.717) is 11.7 Å². The first-order valence-electron chi connectivity index (χ1n) is 4.57. The van der Waals surface area contributed by atoms with Gasteiger partial charge in [-0.3, -0.25) is 0 Å². The second-order valence-electron chi connectivity index (χ2n) is 4.48. The molecule has 0 saturated carbocycles. The molecule has 0 bridgehead atoms. The van der Waals surface area contributed by atoms with Crippen LogP contribution in [0.2, 0.25) is 0 Å². The standard InChI is InChI=1S/C9H18N4/c1-7(2)9(3,4)6-13-5-8(10)11-12-13/h5,7H,6,10H2,1-4H3. The maximum atomic E-state index is 5.48. The molecular weight excluding hydrogens is 164 g/mol. The third-order valence-corrected chi connectivity index (χ3v) is 2.69. The van der Waals surface area contributed by atoms with Gasteiger partial charge in [-0.1, -0.05) is 32.9 Å². The van der Waals surface area contributed by atoms with Crippen molar-refractivity contribution in [3.63, 3.8) is 0 Å². The highest BCUT2D eigenvalue weighted by Gasteiger charge is 2.23. The predicted octanol–water partition coefficient (Wildman–Crippen LogP) is 1.54. The molecule has 1 rings (SSSR count). The summed E-state index contributed by atoms with van der Waals surface area (Å²) in [5, 5.41) is 7.68. The van der Waals surface area contributed by atoms with Crippen LogP contribution in [0, 0.1) is 11.3 Å². The molecule has 0 radical (unpaired) electrons. The van der Waals surface area contributed by atoms with Crippen LogP contribution < -0.4 is 5.73 Å². The van der Waals surface area contributed by atoms with Gasteiger partial charge in [-0.15, -0.1) is 5.10 Å². The van der Waals surface area contributed by atoms with Crippen LogP contribution in [0.15, 0.2) is 6.20 Å². The van der Waals surface area contributed by atoms with Crippen LogP contribution in [0.3, 0.4) is 0 Å². The fourth-order valence-corrected chi connectivity index (χ4v) is 0.991. The molecule has 0 atom stereocenters. The Balaban J connectivity index is 2.68. The van der Waals surface area contributed by atoms with Gasteiger partial charge in [0.15, 0.2) is 5.82 Å². The lowest BCUT2D eigenvalue weighted by molar-refractivity contribution is 0.199. The minimum absolute atomic E-state index is 0.222. The summed E-state index contributed by atoms with van der Waals surface area (Å²) in [6.07, 6.45) is 1.77. The minimum atomic E-state index is 0.222. The Hall–Kier alpha value is -1.06. The number of rotatable bonds is 3. The zero-order valence-electron chi connectivity index (χ0n) is 8.78. The second kappa shape index (κ2) is 3.36. The fourth-order valence-electron chi connectivity index (χ4n) is 0.991. The molecular formula is C9H18N4. The molecule has 4 heteroatoms. The molecule has 0 fully saturated rings. The van der Waals surface area contributed by atoms with Crippen LogP contribution in [0.5, 0.6) is 0 Å². The van der Waals surface area contributed by atoms with Crippen molar-refractivity contribution in [2.24, 2.45) is 11.3 Å². The number of nitrogens with two attached hydrogens (primary N) is 1. The molecule has 74 valence electrons. The van der Waals surface area contributed by atoms with Crippen molar-refractivity contribution in [3.05, 3.63) is 6.20 Å². The summed E-state index contributed by atoms with van der Waals surface area (Å²) >= 11 is 0. The van der Waals surface area contributed by atoms with Gasteiger partial charge >= 0.3 is 0 Å². The predicted molar refractivity (Wildman–Crippen MR) is 53.1 cm³/mol. The maximum absolute atomic E-state index is 5.48. The molecule has 0 aromatic carbocycles. The van der Waals surface area contributed by atoms with Crippen LogP contribution in [0.4, 0.5) is 5.82 Å². The van der Waals surface area contributed by atoms with Crippen LogP contribution in [-0.2, 0) is 6.54 Å². The topological polar surface area (TPSA) is 56.7 Å². The van der Waals surface area contributed by atoms with Gasteiger partial charge in [0.2, 0.25) is 0 Å². The van der Waals surface area contributed by atoms with Crippen molar-refractivity contribution in [1.29, 1.82) is 0 Å². The van der Waals surface area contributed by atoms with E-state index in [2.05, 4.69) is 38.0 Å². The molecule has 0 aliphatic heterocycles. The highest BCUT2D eigenvalue weighted by atomic mass is 15.4. The van der Waals surface area contributed by atoms with Gasteiger partial charge in [-0.05, 0) is 11.3 Å². The molecule has 0 spiro atoms. The van der Waals surface area contributed by atoms with Gasteiger partial charge in [0.1, 0.15) is 0 Å². The Kier molecular flexibility index (Phi) is 2.59. The molecule has 1 heterocycles. The summed E-state index contributed by atoms with van der Waals surface area (Å²) < 4.78 is 1.80. The Labute approximate surface area is 79.1 Å². The number of hydrogen-bond acceptors (Lipinski definition) is 3. The fraction of sp³-hybridized carbons (Fsp3) is 0.778. The summed E-state index contributed by atoms with van der Waals surface area (Å²) in [6, 6.07) is 0. The van der Waals surface area contributed by atoms with Gasteiger partial charge in [0.05, 0.1) is 6.20 Å². The zero-order chi connectivity index (χ0) is 10.1. The van der Waals surface area contributed by atoms with E-state index in [1.807, 2.05) is 0 Å². The quantitative estimate of drug-likeness (QED) is 0.771. The third kappa shape index (κ3) is 2.44. The van der Waals surface area contributed by atoms with E-state index in [4.69, 9.17) is 5.73 Å². The van der Waals surface area contributed by atoms with E-state index in [-0.39, 0.29) is 5.41 Å². The maximum Gasteiger partial charge on any atom is 0.165 e. The molecule has 1 aromatic heterocycles. The van der Waals surface area contributed by atoms with Crippen molar-refractivity contribution in [2.75, 3.05) is 5.73 Å². The van der Waals surface area contributed by atoms with E-state index < -0.39 is 0 Å². The van der Waals surface area contributed by atoms with Gasteiger partial charge in [-0.25, -0.2) is 4.68 Å². The largest absolute Gasteiger partial charge is 0.381 e. The number of anilines is 1. The lowest BCUT2D eigenvalue weighted by Crippen LogP contribution is -2.25. The normalized spacial score (nSPS) is 12.4. The van der Waals surface area contributed by atoms with Gasteiger partial charge in [0, 0.05) is 6.54 Å². The third-order valence-electron chi connectivity index (χ3n) is 2.69. The van der Waals surface area contributed by atoms with Crippen LogP contribution in [0.1, 0.15) is 27.7 Å². The van der Waals surface area contributed by atoms with Gasteiger partial charge in [-0.2, -0.15) is 0 Å². The van der Waals surface area contributed by atoms with Crippen molar-refractivity contribution >= 4 is 5.82 Å². The van der Waals surface area contributed by atoms with E-state index in [1.54, 1.807) is 10.9 Å². The molecule has 4 nitrogen and oxygen atoms in total. The van der Waals surface area contributed by atoms with E-state index in [9.17, 15) is 0 Å². The average molecular weight is 182 g/mol. The lowest BCUT2D eigenvalue weighted by Gasteiger charge is -2.28. The summed E-state index contributed by atoms with van der Waals surface area (Å²) in [6.45, 7) is 9.71. The van der Waals surface area contributed by atoms with Crippen LogP contribution in [0.25, 0.3) is 0 Å². The number of aromatic nitrogens is 3. The van der Waals surface area contributed by atoms with E-state index >= 15 is 0 Å². The molecule has 0 aliphatic carbocycles. The molecule has 1 aromatic rings. The smallest absolute Gasteiger partial charge is 0.165 e. The van der Waals surface area contributed by atoms with Crippen molar-refractivity contribution in [2.45, 2.75) is 34.2 Å². The van der Waals surface area contributed by atoms with Crippen LogP contribution >= 0.6 is 0 Å². The monoisotopic (exact) mass is 182 g/mol. The van der Waals surface area contributed by atoms with Gasteiger partial charge < -0.3 is 5.73 Å². The number of nitrogen functional groups attached to an aromatic ring is 1. The molecule has 0 aliphatic rings. The molecule has 0 amide bonds. The van der Waals surface area contributed by atoms with Gasteiger partial charge in [0.25, 0.3) is 0 Å². The lowest BCUT2D eigenvalue weighted by atomic mass is 9.81. The first-order valence-corrected chi connectivity index (χ1v) is 4.57. The summed E-state index contributed by atoms with van der Waals surface area (Å²) in [4.78, 5) is 0. The molecule has 2 N–H and O–H groups in total. The molecule has 13 heavy (non-hydrogen) atoms. The van der Waals surface area contributed by atoms with Crippen LogP contribution in [-0.4, -0.2) is 15.0 Å². The minimum Gasteiger partial charge on any atom is -0.381 e. The zero-order valence-corrected chi connectivity index (χ0v) is 8.78. The molecule has 0 saturated heterocycles. The second-order valence-corrected chi connectivity index (χ2v) is 4.48.